The van der Waals surface area contributed by atoms with Crippen molar-refractivity contribution in [2.45, 2.75) is 43.4 Å². The van der Waals surface area contributed by atoms with Gasteiger partial charge in [0.25, 0.3) is 5.91 Å². The van der Waals surface area contributed by atoms with Gasteiger partial charge in [0.15, 0.2) is 0 Å². The molecule has 6 heteroatoms. The standard InChI is InChI=1S/C19H22N2O4/c1-3-12-15-10-9-25-17(16(15)22)19(8-13(10)20-12)11-6-4-5-7-14(11)21(24-2)18(19)23/h4-7,10,13,15-17,22H,3,8-9H2,1-2H3/t10?,13?,15-,16?,17+,19+/m0/s1. The number of fused-ring (bicyclic) bond motifs is 2. The minimum atomic E-state index is -0.928. The van der Waals surface area contributed by atoms with Crippen molar-refractivity contribution in [3.05, 3.63) is 29.8 Å². The Kier molecular flexibility index (Phi) is 3.18. The Morgan fingerprint density at radius 2 is 2.24 bits per heavy atom. The van der Waals surface area contributed by atoms with Gasteiger partial charge >= 0.3 is 0 Å². The lowest BCUT2D eigenvalue weighted by atomic mass is 9.70. The molecular formula is C19H22N2O4. The molecule has 3 fully saturated rings. The van der Waals surface area contributed by atoms with Crippen molar-refractivity contribution in [2.75, 3.05) is 18.8 Å². The Morgan fingerprint density at radius 3 is 3.00 bits per heavy atom. The number of hydrogen-bond donors (Lipinski definition) is 1. The molecule has 1 saturated carbocycles. The molecule has 3 unspecified atom stereocenters. The summed E-state index contributed by atoms with van der Waals surface area (Å²) < 4.78 is 6.12. The minimum Gasteiger partial charge on any atom is -0.390 e. The topological polar surface area (TPSA) is 71.4 Å². The van der Waals surface area contributed by atoms with Crippen LogP contribution in [0.5, 0.6) is 0 Å². The van der Waals surface area contributed by atoms with Gasteiger partial charge in [0, 0.05) is 17.5 Å². The molecule has 4 aliphatic heterocycles. The Hall–Kier alpha value is -1.76. The summed E-state index contributed by atoms with van der Waals surface area (Å²) in [5.74, 6) is 0.0171. The number of aliphatic imine (C=N–C) groups is 1. The lowest BCUT2D eigenvalue weighted by Gasteiger charge is -2.42. The molecule has 132 valence electrons. The molecule has 1 N–H and O–H groups in total. The molecule has 6 atom stereocenters. The number of carbonyl (C=O) groups is 1. The van der Waals surface area contributed by atoms with Gasteiger partial charge in [-0.05, 0) is 24.5 Å². The van der Waals surface area contributed by atoms with Crippen LogP contribution in [-0.2, 0) is 19.8 Å². The summed E-state index contributed by atoms with van der Waals surface area (Å²) in [5, 5.41) is 12.5. The van der Waals surface area contributed by atoms with E-state index in [4.69, 9.17) is 14.6 Å². The van der Waals surface area contributed by atoms with Gasteiger partial charge in [-0.2, -0.15) is 5.06 Å². The average molecular weight is 342 g/mol. The number of para-hydroxylation sites is 1. The van der Waals surface area contributed by atoms with E-state index in [9.17, 15) is 9.90 Å². The van der Waals surface area contributed by atoms with E-state index in [-0.39, 0.29) is 23.8 Å². The number of anilines is 1. The van der Waals surface area contributed by atoms with Gasteiger partial charge in [0.05, 0.1) is 31.5 Å². The molecule has 1 spiro atoms. The van der Waals surface area contributed by atoms with Gasteiger partial charge in [-0.25, -0.2) is 0 Å². The van der Waals surface area contributed by atoms with Crippen LogP contribution in [0.2, 0.25) is 0 Å². The number of nitrogens with zero attached hydrogens (tertiary/aromatic N) is 2. The van der Waals surface area contributed by atoms with Gasteiger partial charge in [-0.1, -0.05) is 25.1 Å². The van der Waals surface area contributed by atoms with Crippen molar-refractivity contribution >= 4 is 17.3 Å². The molecule has 6 nitrogen and oxygen atoms in total. The maximum absolute atomic E-state index is 13.4. The molecule has 0 radical (unpaired) electrons. The zero-order valence-electron chi connectivity index (χ0n) is 14.4. The molecule has 5 aliphatic rings. The zero-order valence-corrected chi connectivity index (χ0v) is 14.4. The third kappa shape index (κ3) is 1.70. The van der Waals surface area contributed by atoms with Gasteiger partial charge < -0.3 is 9.84 Å². The van der Waals surface area contributed by atoms with Crippen molar-refractivity contribution in [3.8, 4) is 0 Å². The van der Waals surface area contributed by atoms with E-state index in [0.29, 0.717) is 13.0 Å². The van der Waals surface area contributed by atoms with Crippen LogP contribution in [0.3, 0.4) is 0 Å². The van der Waals surface area contributed by atoms with Crippen LogP contribution in [0.15, 0.2) is 29.3 Å². The molecule has 25 heavy (non-hydrogen) atoms. The normalized spacial score (nSPS) is 41.2. The number of hydroxylamine groups is 1. The predicted molar refractivity (Wildman–Crippen MR) is 91.5 cm³/mol. The maximum atomic E-state index is 13.4. The first-order valence-electron chi connectivity index (χ1n) is 8.98. The van der Waals surface area contributed by atoms with Crippen molar-refractivity contribution in [1.29, 1.82) is 0 Å². The first-order valence-corrected chi connectivity index (χ1v) is 8.98. The van der Waals surface area contributed by atoms with E-state index in [0.717, 1.165) is 23.4 Å². The molecule has 4 heterocycles. The number of rotatable bonds is 2. The number of ether oxygens (including phenoxy) is 1. The second-order valence-corrected chi connectivity index (χ2v) is 7.45. The lowest BCUT2D eigenvalue weighted by Crippen LogP contribution is -2.58. The Morgan fingerprint density at radius 1 is 1.44 bits per heavy atom. The smallest absolute Gasteiger partial charge is 0.264 e. The summed E-state index contributed by atoms with van der Waals surface area (Å²) in [4.78, 5) is 23.7. The van der Waals surface area contributed by atoms with Gasteiger partial charge in [-0.15, -0.1) is 0 Å². The van der Waals surface area contributed by atoms with Gasteiger partial charge in [0.2, 0.25) is 0 Å². The van der Waals surface area contributed by atoms with Crippen LogP contribution in [0.4, 0.5) is 5.69 Å². The largest absolute Gasteiger partial charge is 0.390 e. The van der Waals surface area contributed by atoms with Crippen LogP contribution in [-0.4, -0.2) is 48.7 Å². The highest BCUT2D eigenvalue weighted by Gasteiger charge is 2.67. The highest BCUT2D eigenvalue weighted by Crippen LogP contribution is 2.56. The van der Waals surface area contributed by atoms with Crippen LogP contribution >= 0.6 is 0 Å². The third-order valence-corrected chi connectivity index (χ3v) is 6.55. The fourth-order valence-corrected chi connectivity index (χ4v) is 5.54. The average Bonchev–Trinajstić information content (AvgIpc) is 3.00. The first-order chi connectivity index (χ1) is 12.1. The molecule has 1 aromatic rings. The second-order valence-electron chi connectivity index (χ2n) is 7.45. The minimum absolute atomic E-state index is 0.00434. The Labute approximate surface area is 146 Å². The molecule has 1 aromatic carbocycles. The predicted octanol–water partition coefficient (Wildman–Crippen LogP) is 1.46. The number of amides is 1. The van der Waals surface area contributed by atoms with E-state index >= 15 is 0 Å². The van der Waals surface area contributed by atoms with E-state index in [1.165, 1.54) is 12.2 Å². The van der Waals surface area contributed by atoms with Gasteiger partial charge in [0.1, 0.15) is 11.5 Å². The summed E-state index contributed by atoms with van der Waals surface area (Å²) in [7, 11) is 1.50. The quantitative estimate of drug-likeness (QED) is 0.883. The molecular weight excluding hydrogens is 320 g/mol. The van der Waals surface area contributed by atoms with Crippen LogP contribution in [0.25, 0.3) is 0 Å². The molecule has 6 rings (SSSR count). The Bertz CT molecular complexity index is 778. The van der Waals surface area contributed by atoms with Crippen molar-refractivity contribution in [3.63, 3.8) is 0 Å². The van der Waals surface area contributed by atoms with E-state index in [1.807, 2.05) is 24.3 Å². The summed E-state index contributed by atoms with van der Waals surface area (Å²) >= 11 is 0. The van der Waals surface area contributed by atoms with E-state index in [1.54, 1.807) is 0 Å². The summed E-state index contributed by atoms with van der Waals surface area (Å²) in [6.07, 6.45) is 0.113. The second kappa shape index (κ2) is 5.13. The number of aliphatic hydroxyl groups is 1. The summed E-state index contributed by atoms with van der Waals surface area (Å²) in [6.45, 7) is 2.63. The molecule has 0 aromatic heterocycles. The Balaban J connectivity index is 1.73. The first kappa shape index (κ1) is 15.5. The zero-order chi connectivity index (χ0) is 17.3. The number of aliphatic hydroxyl groups excluding tert-OH is 1. The SMILES string of the molecule is CCC1=NC2C[C@]3(C(=O)N(OC)c4ccccc43)[C@@H]3OCC2[C@@H]1C3O. The van der Waals surface area contributed by atoms with E-state index in [2.05, 4.69) is 6.92 Å². The van der Waals surface area contributed by atoms with Crippen molar-refractivity contribution in [2.24, 2.45) is 16.8 Å². The number of carbonyl (C=O) groups excluding carboxylic acids is 1. The fourth-order valence-electron chi connectivity index (χ4n) is 5.54. The fraction of sp³-hybridized carbons (Fsp3) is 0.579. The summed E-state index contributed by atoms with van der Waals surface area (Å²) in [6, 6.07) is 7.67. The molecule has 1 amide bonds. The third-order valence-electron chi connectivity index (χ3n) is 6.55. The maximum Gasteiger partial charge on any atom is 0.264 e. The summed E-state index contributed by atoms with van der Waals surface area (Å²) in [5.41, 5.74) is 1.77. The van der Waals surface area contributed by atoms with Crippen LogP contribution in [0.1, 0.15) is 25.3 Å². The molecule has 2 saturated heterocycles. The van der Waals surface area contributed by atoms with Gasteiger partial charge in [-0.3, -0.25) is 14.6 Å². The van der Waals surface area contributed by atoms with E-state index < -0.39 is 17.6 Å². The number of hydrogen-bond acceptors (Lipinski definition) is 5. The highest BCUT2D eigenvalue weighted by molar-refractivity contribution is 6.07. The number of benzene rings is 1. The molecule has 4 bridgehead atoms. The monoisotopic (exact) mass is 342 g/mol. The van der Waals surface area contributed by atoms with Crippen LogP contribution in [0, 0.1) is 11.8 Å². The van der Waals surface area contributed by atoms with Crippen LogP contribution < -0.4 is 5.06 Å². The lowest BCUT2D eigenvalue weighted by molar-refractivity contribution is -0.152. The van der Waals surface area contributed by atoms with Crippen molar-refractivity contribution in [1.82, 2.24) is 0 Å². The molecule has 1 aliphatic carbocycles. The van der Waals surface area contributed by atoms with Crippen molar-refractivity contribution < 1.29 is 19.5 Å². The highest BCUT2D eigenvalue weighted by atomic mass is 16.7.